The van der Waals surface area contributed by atoms with Gasteiger partial charge in [-0.15, -0.1) is 0 Å². The van der Waals surface area contributed by atoms with Gasteiger partial charge < -0.3 is 10.2 Å². The second-order valence-corrected chi connectivity index (χ2v) is 1.36. The van der Waals surface area contributed by atoms with E-state index < -0.39 is 12.1 Å². The first-order valence-electron chi connectivity index (χ1n) is 2.03. The molecule has 0 saturated carbocycles. The minimum Gasteiger partial charge on any atom is -0.481 e. The van der Waals surface area contributed by atoms with Crippen LogP contribution in [0.15, 0.2) is 0 Å². The zero-order chi connectivity index (χ0) is 8.08. The van der Waals surface area contributed by atoms with Crippen LogP contribution in [-0.2, 0) is 4.79 Å². The highest BCUT2D eigenvalue weighted by Gasteiger charge is 2.11. The number of alkyl halides is 2. The van der Waals surface area contributed by atoms with Gasteiger partial charge in [0.2, 0.25) is 0 Å². The average Bonchev–Trinajstić information content (AvgIpc) is 1.19. The molecule has 9 heavy (non-hydrogen) atoms. The molecule has 0 heterocycles. The van der Waals surface area contributed by atoms with Crippen molar-refractivity contribution in [2.45, 2.75) is 20.0 Å². The summed E-state index contributed by atoms with van der Waals surface area (Å²) in [5.41, 5.74) is 0. The maximum Gasteiger partial charge on any atom is 0.350 e. The third-order valence-electron chi connectivity index (χ3n) is 0. The van der Waals surface area contributed by atoms with Crippen molar-refractivity contribution in [2.24, 2.45) is 0 Å². The van der Waals surface area contributed by atoms with E-state index >= 15 is 0 Å². The van der Waals surface area contributed by atoms with Crippen LogP contribution in [0.3, 0.4) is 0 Å². The van der Waals surface area contributed by atoms with Crippen molar-refractivity contribution in [3.63, 3.8) is 0 Å². The van der Waals surface area contributed by atoms with Crippen LogP contribution >= 0.6 is 0 Å². The number of aliphatic carboxylic acids is 1. The Bertz CT molecular complexity index is 76.3. The quantitative estimate of drug-likeness (QED) is 0.523. The molecule has 5 heteroatoms. The summed E-state index contributed by atoms with van der Waals surface area (Å²) in [5, 5.41) is 14.6. The Kier molecular flexibility index (Phi) is 5.19. The Labute approximate surface area is 50.9 Å². The molecule has 0 rings (SSSR count). The highest BCUT2D eigenvalue weighted by atomic mass is 19.3. The van der Waals surface area contributed by atoms with E-state index in [4.69, 9.17) is 15.0 Å². The van der Waals surface area contributed by atoms with Crippen molar-refractivity contribution in [1.82, 2.24) is 0 Å². The highest BCUT2D eigenvalue weighted by molar-refractivity contribution is 5.62. The summed E-state index contributed by atoms with van der Waals surface area (Å²) in [6.45, 7) is 1.49. The molecule has 0 radical (unpaired) electrons. The fourth-order valence-electron chi connectivity index (χ4n) is 0. The van der Waals surface area contributed by atoms with Crippen molar-refractivity contribution in [3.05, 3.63) is 0 Å². The Morgan fingerprint density at radius 3 is 1.56 bits per heavy atom. The van der Waals surface area contributed by atoms with Crippen molar-refractivity contribution in [3.8, 4) is 0 Å². The SMILES string of the molecule is CC(=O)O.CC(O)(F)F. The number of aliphatic hydroxyl groups is 1. The van der Waals surface area contributed by atoms with Crippen LogP contribution in [0.1, 0.15) is 13.8 Å². The number of carboxylic acid groups (broad SMARTS) is 1. The smallest absolute Gasteiger partial charge is 0.350 e. The van der Waals surface area contributed by atoms with E-state index in [1.165, 1.54) is 0 Å². The van der Waals surface area contributed by atoms with E-state index in [2.05, 4.69) is 0 Å². The minimum absolute atomic E-state index is 0.410. The van der Waals surface area contributed by atoms with Gasteiger partial charge in [-0.25, -0.2) is 0 Å². The normalized spacial score (nSPS) is 9.44. The molecule has 0 saturated heterocycles. The monoisotopic (exact) mass is 142 g/mol. The van der Waals surface area contributed by atoms with Gasteiger partial charge in [0.05, 0.1) is 0 Å². The van der Waals surface area contributed by atoms with Crippen molar-refractivity contribution < 1.29 is 23.8 Å². The number of hydrogen-bond donors (Lipinski definition) is 2. The van der Waals surface area contributed by atoms with Gasteiger partial charge in [-0.05, 0) is 0 Å². The fourth-order valence-corrected chi connectivity index (χ4v) is 0. The zero-order valence-corrected chi connectivity index (χ0v) is 5.06. The molecule has 0 aliphatic heterocycles. The van der Waals surface area contributed by atoms with Crippen LogP contribution in [0.4, 0.5) is 8.78 Å². The van der Waals surface area contributed by atoms with Gasteiger partial charge in [-0.1, -0.05) is 0 Å². The summed E-state index contributed by atoms with van der Waals surface area (Å²) < 4.78 is 21.2. The van der Waals surface area contributed by atoms with Crippen LogP contribution in [-0.4, -0.2) is 22.3 Å². The lowest BCUT2D eigenvalue weighted by molar-refractivity contribution is -0.181. The van der Waals surface area contributed by atoms with Gasteiger partial charge in [0.1, 0.15) is 0 Å². The van der Waals surface area contributed by atoms with E-state index in [1.54, 1.807) is 0 Å². The molecule has 0 aliphatic carbocycles. The predicted molar refractivity (Wildman–Crippen MR) is 26.1 cm³/mol. The molecule has 3 nitrogen and oxygen atoms in total. The lowest BCUT2D eigenvalue weighted by Gasteiger charge is -1.93. The Hall–Kier alpha value is -0.710. The van der Waals surface area contributed by atoms with Crippen LogP contribution in [0.5, 0.6) is 0 Å². The topological polar surface area (TPSA) is 57.5 Å². The van der Waals surface area contributed by atoms with Gasteiger partial charge in [-0.2, -0.15) is 8.78 Å². The van der Waals surface area contributed by atoms with E-state index in [0.29, 0.717) is 6.92 Å². The van der Waals surface area contributed by atoms with Crippen molar-refractivity contribution in [2.75, 3.05) is 0 Å². The number of hydrogen-bond acceptors (Lipinski definition) is 2. The maximum absolute atomic E-state index is 10.6. The Morgan fingerprint density at radius 1 is 1.56 bits per heavy atom. The molecule has 0 fully saturated rings. The van der Waals surface area contributed by atoms with Crippen LogP contribution in [0.2, 0.25) is 0 Å². The first kappa shape index (κ1) is 11.1. The largest absolute Gasteiger partial charge is 0.481 e. The second-order valence-electron chi connectivity index (χ2n) is 1.36. The average molecular weight is 142 g/mol. The molecule has 56 valence electrons. The number of carboxylic acids is 1. The summed E-state index contributed by atoms with van der Waals surface area (Å²) >= 11 is 0. The summed E-state index contributed by atoms with van der Waals surface area (Å²) in [6, 6.07) is 0. The molecule has 0 spiro atoms. The maximum atomic E-state index is 10.6. The molecule has 2 N–H and O–H groups in total. The molecule has 0 bridgehead atoms. The van der Waals surface area contributed by atoms with Gasteiger partial charge >= 0.3 is 6.11 Å². The zero-order valence-electron chi connectivity index (χ0n) is 5.06. The van der Waals surface area contributed by atoms with Gasteiger partial charge in [-0.3, -0.25) is 4.79 Å². The van der Waals surface area contributed by atoms with Crippen molar-refractivity contribution >= 4 is 5.97 Å². The number of rotatable bonds is 0. The first-order chi connectivity index (χ1) is 3.73. The molecule has 0 unspecified atom stereocenters. The van der Waals surface area contributed by atoms with Gasteiger partial charge in [0, 0.05) is 13.8 Å². The highest BCUT2D eigenvalue weighted by Crippen LogP contribution is 2.02. The van der Waals surface area contributed by atoms with E-state index in [-0.39, 0.29) is 0 Å². The summed E-state index contributed by atoms with van der Waals surface area (Å²) in [4.78, 5) is 9.00. The molecule has 0 atom stereocenters. The van der Waals surface area contributed by atoms with E-state index in [9.17, 15) is 8.78 Å². The standard InChI is InChI=1S/C2H4F2O.C2H4O2/c1-2(3,4)5;1-2(3)4/h5H,1H3;1H3,(H,3,4). The second kappa shape index (κ2) is 4.20. The van der Waals surface area contributed by atoms with Crippen LogP contribution < -0.4 is 0 Å². The fraction of sp³-hybridized carbons (Fsp3) is 0.750. The molecular formula is C4H8F2O3. The molecule has 0 amide bonds. The first-order valence-corrected chi connectivity index (χ1v) is 2.03. The predicted octanol–water partition coefficient (Wildman–Crippen LogP) is 0.682. The van der Waals surface area contributed by atoms with Gasteiger partial charge in [0.15, 0.2) is 0 Å². The van der Waals surface area contributed by atoms with Crippen molar-refractivity contribution in [1.29, 1.82) is 0 Å². The summed E-state index contributed by atoms with van der Waals surface area (Å²) in [7, 11) is 0. The minimum atomic E-state index is -3.50. The van der Waals surface area contributed by atoms with E-state index in [0.717, 1.165) is 6.92 Å². The number of halogens is 2. The molecular weight excluding hydrogens is 134 g/mol. The Balaban J connectivity index is 0. The molecule has 0 aromatic heterocycles. The Morgan fingerprint density at radius 2 is 1.56 bits per heavy atom. The third kappa shape index (κ3) is 405. The third-order valence-corrected chi connectivity index (χ3v) is 0. The summed E-state index contributed by atoms with van der Waals surface area (Å²) in [5.74, 6) is -0.833. The molecule has 0 aromatic rings. The van der Waals surface area contributed by atoms with Crippen LogP contribution in [0.25, 0.3) is 0 Å². The molecule has 0 aliphatic rings. The lowest BCUT2D eigenvalue weighted by atomic mass is 10.8. The number of carbonyl (C=O) groups is 1. The summed E-state index contributed by atoms with van der Waals surface area (Å²) in [6.07, 6.45) is -3.50. The van der Waals surface area contributed by atoms with Gasteiger partial charge in [0.25, 0.3) is 5.97 Å². The lowest BCUT2D eigenvalue weighted by Crippen LogP contribution is -2.04. The molecule has 0 aromatic carbocycles. The van der Waals surface area contributed by atoms with Crippen LogP contribution in [0, 0.1) is 0 Å². The van der Waals surface area contributed by atoms with E-state index in [1.807, 2.05) is 0 Å².